The van der Waals surface area contributed by atoms with E-state index in [0.717, 1.165) is 22.9 Å². The van der Waals surface area contributed by atoms with Crippen molar-refractivity contribution in [3.63, 3.8) is 0 Å². The third-order valence-corrected chi connectivity index (χ3v) is 4.16. The normalized spacial score (nSPS) is 15.4. The van der Waals surface area contributed by atoms with Crippen molar-refractivity contribution in [2.45, 2.75) is 19.0 Å². The summed E-state index contributed by atoms with van der Waals surface area (Å²) in [4.78, 5) is 0. The molecule has 0 spiro atoms. The number of aromatic nitrogens is 3. The second-order valence-electron chi connectivity index (χ2n) is 6.12. The lowest BCUT2D eigenvalue weighted by atomic mass is 10.2. The van der Waals surface area contributed by atoms with E-state index in [0.29, 0.717) is 19.3 Å². The van der Waals surface area contributed by atoms with E-state index in [-0.39, 0.29) is 6.04 Å². The van der Waals surface area contributed by atoms with Crippen LogP contribution in [-0.2, 0) is 4.74 Å². The maximum absolute atomic E-state index is 5.88. The van der Waals surface area contributed by atoms with Crippen molar-refractivity contribution in [2.75, 3.05) is 18.5 Å². The van der Waals surface area contributed by atoms with E-state index in [1.807, 2.05) is 65.5 Å². The monoisotopic (exact) mass is 336 g/mol. The second kappa shape index (κ2) is 6.94. The van der Waals surface area contributed by atoms with Gasteiger partial charge in [-0.15, -0.1) is 5.10 Å². The fourth-order valence-corrected chi connectivity index (χ4v) is 2.64. The van der Waals surface area contributed by atoms with Crippen LogP contribution in [-0.4, -0.2) is 28.2 Å². The van der Waals surface area contributed by atoms with Gasteiger partial charge in [0, 0.05) is 11.8 Å². The van der Waals surface area contributed by atoms with Crippen molar-refractivity contribution in [3.8, 4) is 11.5 Å². The molecule has 6 heteroatoms. The number of rotatable bonds is 6. The lowest BCUT2D eigenvalue weighted by Gasteiger charge is -2.25. The Bertz CT molecular complexity index is 830. The number of nitrogens with one attached hydrogen (secondary N) is 1. The lowest BCUT2D eigenvalue weighted by molar-refractivity contribution is -0.0293. The van der Waals surface area contributed by atoms with Crippen LogP contribution < -0.4 is 10.1 Å². The predicted molar refractivity (Wildman–Crippen MR) is 94.9 cm³/mol. The molecule has 1 N–H and O–H groups in total. The Morgan fingerprint density at radius 3 is 2.68 bits per heavy atom. The first-order valence-corrected chi connectivity index (χ1v) is 8.37. The molecule has 1 saturated heterocycles. The van der Waals surface area contributed by atoms with Gasteiger partial charge in [-0.3, -0.25) is 0 Å². The van der Waals surface area contributed by atoms with Crippen LogP contribution in [0.5, 0.6) is 11.5 Å². The van der Waals surface area contributed by atoms with Gasteiger partial charge in [-0.05, 0) is 31.2 Å². The van der Waals surface area contributed by atoms with Crippen molar-refractivity contribution < 1.29 is 9.47 Å². The smallest absolute Gasteiger partial charge is 0.129 e. The SMILES string of the molecule is CC(Nc1cccc(Oc2ccccc2)c1)c1cn(C2COC2)nn1. The van der Waals surface area contributed by atoms with Crippen molar-refractivity contribution >= 4 is 5.69 Å². The van der Waals surface area contributed by atoms with Crippen molar-refractivity contribution in [1.82, 2.24) is 15.0 Å². The van der Waals surface area contributed by atoms with E-state index in [9.17, 15) is 0 Å². The van der Waals surface area contributed by atoms with Gasteiger partial charge in [-0.2, -0.15) is 0 Å². The molecule has 3 aromatic rings. The van der Waals surface area contributed by atoms with Gasteiger partial charge in [0.05, 0.1) is 25.5 Å². The van der Waals surface area contributed by atoms with E-state index >= 15 is 0 Å². The maximum atomic E-state index is 5.88. The van der Waals surface area contributed by atoms with Crippen molar-refractivity contribution in [1.29, 1.82) is 0 Å². The molecule has 1 unspecified atom stereocenters. The van der Waals surface area contributed by atoms with Crippen LogP contribution in [0.25, 0.3) is 0 Å². The van der Waals surface area contributed by atoms with Crippen LogP contribution in [0, 0.1) is 0 Å². The van der Waals surface area contributed by atoms with Gasteiger partial charge in [0.1, 0.15) is 23.2 Å². The molecule has 0 aliphatic carbocycles. The minimum Gasteiger partial charge on any atom is -0.457 e. The molecule has 2 heterocycles. The van der Waals surface area contributed by atoms with E-state index in [2.05, 4.69) is 22.6 Å². The highest BCUT2D eigenvalue weighted by atomic mass is 16.5. The topological polar surface area (TPSA) is 61.2 Å². The summed E-state index contributed by atoms with van der Waals surface area (Å²) in [6, 6.07) is 18.0. The van der Waals surface area contributed by atoms with Crippen LogP contribution in [0.3, 0.4) is 0 Å². The number of hydrogen-bond acceptors (Lipinski definition) is 5. The van der Waals surface area contributed by atoms with Crippen molar-refractivity contribution in [3.05, 3.63) is 66.5 Å². The Balaban J connectivity index is 1.43. The quantitative estimate of drug-likeness (QED) is 0.741. The molecule has 6 nitrogen and oxygen atoms in total. The zero-order valence-corrected chi connectivity index (χ0v) is 14.0. The van der Waals surface area contributed by atoms with Gasteiger partial charge in [0.25, 0.3) is 0 Å². The minimum absolute atomic E-state index is 0.0433. The first-order chi connectivity index (χ1) is 12.3. The van der Waals surface area contributed by atoms with Crippen molar-refractivity contribution in [2.24, 2.45) is 0 Å². The Hall–Kier alpha value is -2.86. The summed E-state index contributed by atoms with van der Waals surface area (Å²) in [5.41, 5.74) is 1.88. The summed E-state index contributed by atoms with van der Waals surface area (Å²) in [6.45, 7) is 3.49. The molecule has 4 rings (SSSR count). The number of benzene rings is 2. The summed E-state index contributed by atoms with van der Waals surface area (Å²) in [6.07, 6.45) is 1.98. The fourth-order valence-electron chi connectivity index (χ4n) is 2.64. The molecule has 25 heavy (non-hydrogen) atoms. The molecule has 2 aromatic carbocycles. The van der Waals surface area contributed by atoms with E-state index < -0.39 is 0 Å². The number of ether oxygens (including phenoxy) is 2. The summed E-state index contributed by atoms with van der Waals surface area (Å²) in [5.74, 6) is 1.61. The number of hydrogen-bond donors (Lipinski definition) is 1. The first kappa shape index (κ1) is 15.7. The molecule has 1 aromatic heterocycles. The molecule has 0 bridgehead atoms. The Kier molecular flexibility index (Phi) is 4.35. The molecule has 0 amide bonds. The van der Waals surface area contributed by atoms with E-state index in [4.69, 9.17) is 9.47 Å². The summed E-state index contributed by atoms with van der Waals surface area (Å²) >= 11 is 0. The Labute approximate surface area is 146 Å². The zero-order valence-electron chi connectivity index (χ0n) is 14.0. The molecule has 0 saturated carbocycles. The highest BCUT2D eigenvalue weighted by molar-refractivity contribution is 5.50. The van der Waals surface area contributed by atoms with Crippen LogP contribution in [0.4, 0.5) is 5.69 Å². The average molecular weight is 336 g/mol. The molecule has 0 radical (unpaired) electrons. The second-order valence-corrected chi connectivity index (χ2v) is 6.12. The van der Waals surface area contributed by atoms with Crippen LogP contribution in [0.2, 0.25) is 0 Å². The van der Waals surface area contributed by atoms with E-state index in [1.54, 1.807) is 0 Å². The average Bonchev–Trinajstić information content (AvgIpc) is 3.04. The summed E-state index contributed by atoms with van der Waals surface area (Å²) < 4.78 is 13.0. The summed E-state index contributed by atoms with van der Waals surface area (Å²) in [5, 5.41) is 11.9. The predicted octanol–water partition coefficient (Wildman–Crippen LogP) is 3.81. The molecule has 128 valence electrons. The molecular weight excluding hydrogens is 316 g/mol. The van der Waals surface area contributed by atoms with Gasteiger partial charge < -0.3 is 14.8 Å². The molecular formula is C19H20N4O2. The van der Waals surface area contributed by atoms with E-state index in [1.165, 1.54) is 0 Å². The highest BCUT2D eigenvalue weighted by Crippen LogP contribution is 2.26. The molecule has 1 aliphatic rings. The largest absolute Gasteiger partial charge is 0.457 e. The van der Waals surface area contributed by atoms with Crippen LogP contribution in [0.1, 0.15) is 24.7 Å². The standard InChI is InChI=1S/C19H20N4O2/c1-14(19-11-23(22-21-19)16-12-24-13-16)20-15-6-5-9-18(10-15)25-17-7-3-2-4-8-17/h2-11,14,16,20H,12-13H2,1H3. The number of nitrogens with zero attached hydrogens (tertiary/aromatic N) is 3. The lowest BCUT2D eigenvalue weighted by Crippen LogP contribution is -2.31. The first-order valence-electron chi connectivity index (χ1n) is 8.37. The molecule has 1 aliphatic heterocycles. The fraction of sp³-hybridized carbons (Fsp3) is 0.263. The third-order valence-electron chi connectivity index (χ3n) is 4.16. The zero-order chi connectivity index (χ0) is 17.1. The van der Waals surface area contributed by atoms with Gasteiger partial charge in [0.15, 0.2) is 0 Å². The minimum atomic E-state index is 0.0433. The Morgan fingerprint density at radius 1 is 1.12 bits per heavy atom. The third kappa shape index (κ3) is 3.64. The van der Waals surface area contributed by atoms with Gasteiger partial charge in [-0.1, -0.05) is 29.5 Å². The number of para-hydroxylation sites is 1. The van der Waals surface area contributed by atoms with Gasteiger partial charge in [-0.25, -0.2) is 4.68 Å². The highest BCUT2D eigenvalue weighted by Gasteiger charge is 2.22. The molecule has 1 atom stereocenters. The van der Waals surface area contributed by atoms with Gasteiger partial charge >= 0.3 is 0 Å². The maximum Gasteiger partial charge on any atom is 0.129 e. The number of anilines is 1. The van der Waals surface area contributed by atoms with Gasteiger partial charge in [0.2, 0.25) is 0 Å². The Morgan fingerprint density at radius 2 is 1.92 bits per heavy atom. The summed E-state index contributed by atoms with van der Waals surface area (Å²) in [7, 11) is 0. The molecule has 1 fully saturated rings. The van der Waals surface area contributed by atoms with Crippen LogP contribution in [0.15, 0.2) is 60.8 Å². The van der Waals surface area contributed by atoms with Crippen LogP contribution >= 0.6 is 0 Å².